The first-order valence-corrected chi connectivity index (χ1v) is 4.37. The van der Waals surface area contributed by atoms with Crippen LogP contribution in [0.25, 0.3) is 0 Å². The van der Waals surface area contributed by atoms with E-state index < -0.39 is 0 Å². The summed E-state index contributed by atoms with van der Waals surface area (Å²) in [5, 5.41) is 0. The highest BCUT2D eigenvalue weighted by Gasteiger charge is 2.30. The lowest BCUT2D eigenvalue weighted by atomic mass is 10.5. The van der Waals surface area contributed by atoms with Gasteiger partial charge in [-0.25, -0.2) is 0 Å². The molecule has 2 nitrogen and oxygen atoms in total. The van der Waals surface area contributed by atoms with Crippen LogP contribution < -0.4 is 0 Å². The van der Waals surface area contributed by atoms with E-state index in [1.54, 1.807) is 0 Å². The van der Waals surface area contributed by atoms with Gasteiger partial charge in [0.2, 0.25) is 0 Å². The maximum Gasteiger partial charge on any atom is 0.274 e. The lowest BCUT2D eigenvalue weighted by molar-refractivity contribution is -0.122. The third kappa shape index (κ3) is 1.38. The van der Waals surface area contributed by atoms with E-state index in [2.05, 4.69) is 12.3 Å². The molecule has 0 unspecified atom stereocenters. The molecular formula is C7H7NOS2. The van der Waals surface area contributed by atoms with E-state index >= 15 is 0 Å². The average Bonchev–Trinajstić information content (AvgIpc) is 2.26. The zero-order chi connectivity index (χ0) is 8.43. The summed E-state index contributed by atoms with van der Waals surface area (Å²) in [5.41, 5.74) is 2.56. The molecule has 11 heavy (non-hydrogen) atoms. The second kappa shape index (κ2) is 3.22. The molecule has 0 atom stereocenters. The van der Waals surface area contributed by atoms with Crippen molar-refractivity contribution in [2.75, 3.05) is 6.54 Å². The van der Waals surface area contributed by atoms with Crippen molar-refractivity contribution in [2.45, 2.75) is 6.92 Å². The predicted octanol–water partition coefficient (Wildman–Crippen LogP) is 1.54. The topological polar surface area (TPSA) is 20.3 Å². The molecule has 1 aliphatic rings. The first-order chi connectivity index (χ1) is 5.20. The number of carbonyl (C=O) groups excluding carboxylic acids is 1. The molecule has 1 heterocycles. The minimum absolute atomic E-state index is 0.0718. The third-order valence-corrected chi connectivity index (χ3v) is 2.71. The highest BCUT2D eigenvalue weighted by molar-refractivity contribution is 8.26. The number of hydrogen-bond donors (Lipinski definition) is 0. The average molecular weight is 185 g/mol. The molecule has 0 aliphatic carbocycles. The van der Waals surface area contributed by atoms with Gasteiger partial charge in [-0.05, 0) is 18.7 Å². The summed E-state index contributed by atoms with van der Waals surface area (Å²) < 4.78 is 0.601. The fourth-order valence-electron chi connectivity index (χ4n) is 0.776. The lowest BCUT2D eigenvalue weighted by Gasteiger charge is -2.09. The van der Waals surface area contributed by atoms with Crippen LogP contribution in [-0.4, -0.2) is 21.7 Å². The molecule has 1 fully saturated rings. The molecule has 0 N–H and O–H groups in total. The van der Waals surface area contributed by atoms with Gasteiger partial charge in [0.05, 0.1) is 0 Å². The summed E-state index contributed by atoms with van der Waals surface area (Å²) in [4.78, 5) is 13.3. The van der Waals surface area contributed by atoms with Crippen molar-refractivity contribution >= 4 is 34.2 Å². The Hall–Kier alpha value is -0.570. The zero-order valence-electron chi connectivity index (χ0n) is 6.09. The first kappa shape index (κ1) is 8.53. The number of thioether (sulfide) groups is 1. The fourth-order valence-corrected chi connectivity index (χ4v) is 2.00. The Labute approximate surface area is 74.9 Å². The molecule has 0 saturated carbocycles. The molecule has 1 saturated heterocycles. The number of rotatable bonds is 1. The normalized spacial score (nSPS) is 17.5. The van der Waals surface area contributed by atoms with Crippen LogP contribution >= 0.6 is 24.0 Å². The van der Waals surface area contributed by atoms with Crippen molar-refractivity contribution in [1.82, 2.24) is 4.90 Å². The fraction of sp³-hybridized carbons (Fsp3) is 0.286. The molecule has 0 aromatic carbocycles. The van der Waals surface area contributed by atoms with Crippen molar-refractivity contribution in [2.24, 2.45) is 0 Å². The van der Waals surface area contributed by atoms with E-state index in [9.17, 15) is 4.79 Å². The quantitative estimate of drug-likeness (QED) is 0.351. The Bertz CT molecular complexity index is 266. The van der Waals surface area contributed by atoms with Gasteiger partial charge in [-0.15, -0.1) is 5.73 Å². The molecule has 0 spiro atoms. The van der Waals surface area contributed by atoms with Gasteiger partial charge < -0.3 is 0 Å². The van der Waals surface area contributed by atoms with Gasteiger partial charge in [-0.1, -0.05) is 18.8 Å². The van der Waals surface area contributed by atoms with Crippen molar-refractivity contribution in [3.8, 4) is 0 Å². The summed E-state index contributed by atoms with van der Waals surface area (Å²) in [6, 6.07) is 0. The lowest BCUT2D eigenvalue weighted by Crippen LogP contribution is -2.27. The summed E-state index contributed by atoms with van der Waals surface area (Å²) in [7, 11) is 0. The minimum Gasteiger partial charge on any atom is -0.293 e. The second-order valence-electron chi connectivity index (χ2n) is 1.92. The highest BCUT2D eigenvalue weighted by atomic mass is 32.2. The Balaban J connectivity index is 2.97. The smallest absolute Gasteiger partial charge is 0.274 e. The van der Waals surface area contributed by atoms with Gasteiger partial charge in [0.15, 0.2) is 0 Å². The summed E-state index contributed by atoms with van der Waals surface area (Å²) in [6.07, 6.45) is 0. The van der Waals surface area contributed by atoms with Gasteiger partial charge in [-0.2, -0.15) is 0 Å². The van der Waals surface area contributed by atoms with Crippen LogP contribution in [0.5, 0.6) is 0 Å². The van der Waals surface area contributed by atoms with Crippen molar-refractivity contribution in [1.29, 1.82) is 0 Å². The molecule has 1 aliphatic heterocycles. The van der Waals surface area contributed by atoms with E-state index in [1.165, 1.54) is 16.7 Å². The van der Waals surface area contributed by atoms with Crippen LogP contribution in [0.2, 0.25) is 0 Å². The molecule has 1 amide bonds. The Morgan fingerprint density at radius 1 is 1.82 bits per heavy atom. The summed E-state index contributed by atoms with van der Waals surface area (Å²) in [6.45, 7) is 5.91. The van der Waals surface area contributed by atoms with Gasteiger partial charge in [0.1, 0.15) is 9.23 Å². The molecule has 1 rings (SSSR count). The van der Waals surface area contributed by atoms with Crippen LogP contribution in [0.15, 0.2) is 17.2 Å². The Morgan fingerprint density at radius 3 is 2.73 bits per heavy atom. The van der Waals surface area contributed by atoms with E-state index in [1.807, 2.05) is 6.92 Å². The van der Waals surface area contributed by atoms with E-state index in [4.69, 9.17) is 12.2 Å². The van der Waals surface area contributed by atoms with Crippen LogP contribution in [0.3, 0.4) is 0 Å². The highest BCUT2D eigenvalue weighted by Crippen LogP contribution is 2.29. The zero-order valence-corrected chi connectivity index (χ0v) is 7.72. The molecule has 0 aromatic heterocycles. The molecule has 0 aromatic rings. The van der Waals surface area contributed by atoms with Crippen molar-refractivity contribution in [3.05, 3.63) is 17.2 Å². The number of amides is 1. The summed E-state index contributed by atoms with van der Waals surface area (Å²) >= 11 is 6.20. The van der Waals surface area contributed by atoms with Crippen molar-refractivity contribution in [3.63, 3.8) is 0 Å². The van der Waals surface area contributed by atoms with Gasteiger partial charge in [0.25, 0.3) is 5.91 Å². The standard InChI is InChI=1S/C7H7NOS2/c1-3-5-6(9)8(4-2)7(10)11-5/h1,4H2,2H3. The number of likely N-dealkylation sites (N-methyl/N-ethyl adjacent to an activating group) is 1. The largest absolute Gasteiger partial charge is 0.293 e. The Morgan fingerprint density at radius 2 is 2.45 bits per heavy atom. The molecular weight excluding hydrogens is 178 g/mol. The van der Waals surface area contributed by atoms with Gasteiger partial charge in [-0.3, -0.25) is 9.69 Å². The number of hydrogen-bond acceptors (Lipinski definition) is 3. The first-order valence-electron chi connectivity index (χ1n) is 3.14. The minimum atomic E-state index is -0.0718. The predicted molar refractivity (Wildman–Crippen MR) is 50.2 cm³/mol. The van der Waals surface area contributed by atoms with Crippen molar-refractivity contribution < 1.29 is 4.79 Å². The van der Waals surface area contributed by atoms with Crippen LogP contribution in [0.4, 0.5) is 0 Å². The second-order valence-corrected chi connectivity index (χ2v) is 3.57. The molecule has 4 heteroatoms. The number of thiocarbonyl (C=S) groups is 1. The van der Waals surface area contributed by atoms with Gasteiger partial charge in [0, 0.05) is 6.54 Å². The van der Waals surface area contributed by atoms with Crippen LogP contribution in [-0.2, 0) is 4.79 Å². The van der Waals surface area contributed by atoms with E-state index in [0.717, 1.165) is 0 Å². The van der Waals surface area contributed by atoms with E-state index in [-0.39, 0.29) is 5.91 Å². The molecule has 0 bridgehead atoms. The molecule has 0 radical (unpaired) electrons. The monoisotopic (exact) mass is 185 g/mol. The maximum atomic E-state index is 11.3. The summed E-state index contributed by atoms with van der Waals surface area (Å²) in [5.74, 6) is -0.0718. The maximum absolute atomic E-state index is 11.3. The third-order valence-electron chi connectivity index (χ3n) is 1.33. The van der Waals surface area contributed by atoms with Crippen LogP contribution in [0.1, 0.15) is 6.92 Å². The Kier molecular flexibility index (Phi) is 2.49. The number of carbonyl (C=O) groups is 1. The SMILES string of the molecule is C=C=C1SC(=S)N(CC)C1=O. The van der Waals surface area contributed by atoms with Crippen LogP contribution in [0, 0.1) is 0 Å². The van der Waals surface area contributed by atoms with Gasteiger partial charge >= 0.3 is 0 Å². The van der Waals surface area contributed by atoms with E-state index in [0.29, 0.717) is 15.8 Å². The molecule has 58 valence electrons. The number of nitrogens with zero attached hydrogens (tertiary/aromatic N) is 1.